The number of carbonyl (C=O) groups is 1. The van der Waals surface area contributed by atoms with Crippen LogP contribution in [0.2, 0.25) is 0 Å². The number of imidazole rings is 1. The summed E-state index contributed by atoms with van der Waals surface area (Å²) in [7, 11) is 3.82. The topological polar surface area (TPSA) is 78.9 Å². The largest absolute Gasteiger partial charge is 0.385 e. The van der Waals surface area contributed by atoms with Crippen LogP contribution < -0.4 is 0 Å². The van der Waals surface area contributed by atoms with Crippen molar-refractivity contribution in [2.24, 2.45) is 0 Å². The molecule has 0 aromatic carbocycles. The van der Waals surface area contributed by atoms with E-state index in [2.05, 4.69) is 10.1 Å². The summed E-state index contributed by atoms with van der Waals surface area (Å²) in [6.07, 6.45) is 3.04. The number of hydrogen-bond donors (Lipinski definition) is 1. The molecule has 9 heteroatoms. The molecular weight excluding hydrogens is 340 g/mol. The fourth-order valence-corrected chi connectivity index (χ4v) is 3.76. The van der Waals surface area contributed by atoms with Gasteiger partial charge >= 0.3 is 0 Å². The number of thiazole rings is 1. The van der Waals surface area contributed by atoms with Gasteiger partial charge in [0.25, 0.3) is 5.91 Å². The van der Waals surface area contributed by atoms with Crippen molar-refractivity contribution in [3.05, 3.63) is 40.9 Å². The number of amides is 1. The molecule has 1 atom stereocenters. The zero-order valence-electron chi connectivity index (χ0n) is 14.2. The van der Waals surface area contributed by atoms with E-state index in [0.717, 1.165) is 10.7 Å². The van der Waals surface area contributed by atoms with Gasteiger partial charge in [-0.1, -0.05) is 0 Å². The highest BCUT2D eigenvalue weighted by atomic mass is 32.1. The second kappa shape index (κ2) is 6.25. The van der Waals surface area contributed by atoms with Gasteiger partial charge in [0.2, 0.25) is 0 Å². The molecule has 8 nitrogen and oxygen atoms in total. The zero-order chi connectivity index (χ0) is 17.6. The zero-order valence-corrected chi connectivity index (χ0v) is 15.0. The second-order valence-corrected chi connectivity index (χ2v) is 7.38. The van der Waals surface area contributed by atoms with Gasteiger partial charge in [-0.25, -0.2) is 4.98 Å². The van der Waals surface area contributed by atoms with Crippen LogP contribution in [0.3, 0.4) is 0 Å². The maximum absolute atomic E-state index is 12.7. The third kappa shape index (κ3) is 3.06. The molecule has 1 aliphatic rings. The Morgan fingerprint density at radius 3 is 3.04 bits per heavy atom. The van der Waals surface area contributed by atoms with Gasteiger partial charge in [0, 0.05) is 30.9 Å². The summed E-state index contributed by atoms with van der Waals surface area (Å²) < 4.78 is 3.74. The van der Waals surface area contributed by atoms with Crippen molar-refractivity contribution in [2.75, 3.05) is 27.2 Å². The van der Waals surface area contributed by atoms with E-state index in [0.29, 0.717) is 37.6 Å². The van der Waals surface area contributed by atoms with E-state index in [1.54, 1.807) is 11.1 Å². The number of fused-ring (bicyclic) bond motifs is 2. The number of aliphatic hydroxyl groups is 1. The van der Waals surface area contributed by atoms with Gasteiger partial charge in [-0.3, -0.25) is 13.9 Å². The molecule has 3 aromatic heterocycles. The summed E-state index contributed by atoms with van der Waals surface area (Å²) in [6, 6.07) is 1.89. The molecular formula is C16H20N6O2S. The van der Waals surface area contributed by atoms with E-state index in [1.165, 1.54) is 11.3 Å². The smallest absolute Gasteiger partial charge is 0.274 e. The van der Waals surface area contributed by atoms with Gasteiger partial charge in [-0.05, 0) is 20.2 Å². The average Bonchev–Trinajstić information content (AvgIpc) is 3.26. The van der Waals surface area contributed by atoms with E-state index in [-0.39, 0.29) is 5.91 Å². The lowest BCUT2D eigenvalue weighted by molar-refractivity contribution is 0.0700. The highest BCUT2D eigenvalue weighted by Crippen LogP contribution is 2.20. The van der Waals surface area contributed by atoms with Crippen molar-refractivity contribution in [1.29, 1.82) is 0 Å². The third-order valence-corrected chi connectivity index (χ3v) is 5.07. The molecule has 4 heterocycles. The summed E-state index contributed by atoms with van der Waals surface area (Å²) in [5.74, 6) is -0.0706. The van der Waals surface area contributed by atoms with Gasteiger partial charge in [0.15, 0.2) is 4.96 Å². The van der Waals surface area contributed by atoms with Crippen molar-refractivity contribution in [3.8, 4) is 0 Å². The summed E-state index contributed by atoms with van der Waals surface area (Å²) in [5.41, 5.74) is 2.06. The molecule has 1 aliphatic heterocycles. The van der Waals surface area contributed by atoms with Crippen LogP contribution >= 0.6 is 11.3 Å². The summed E-state index contributed by atoms with van der Waals surface area (Å²) >= 11 is 1.51. The summed E-state index contributed by atoms with van der Waals surface area (Å²) in [5, 5.41) is 16.7. The van der Waals surface area contributed by atoms with E-state index >= 15 is 0 Å². The van der Waals surface area contributed by atoms with Crippen molar-refractivity contribution >= 4 is 22.2 Å². The minimum absolute atomic E-state index is 0.0706. The molecule has 0 spiro atoms. The molecule has 3 aromatic rings. The van der Waals surface area contributed by atoms with E-state index < -0.39 is 6.10 Å². The monoisotopic (exact) mass is 360 g/mol. The van der Waals surface area contributed by atoms with E-state index in [9.17, 15) is 9.90 Å². The van der Waals surface area contributed by atoms with Crippen LogP contribution in [0.5, 0.6) is 0 Å². The average molecular weight is 360 g/mol. The minimum atomic E-state index is -0.628. The van der Waals surface area contributed by atoms with E-state index in [4.69, 9.17) is 0 Å². The Morgan fingerprint density at radius 1 is 1.44 bits per heavy atom. The molecule has 132 valence electrons. The Hall–Kier alpha value is -2.23. The summed E-state index contributed by atoms with van der Waals surface area (Å²) in [6.45, 7) is 2.20. The number of aliphatic hydroxyl groups excluding tert-OH is 1. The maximum atomic E-state index is 12.7. The number of likely N-dealkylation sites (N-methyl/N-ethyl adjacent to an activating group) is 1. The van der Waals surface area contributed by atoms with Crippen molar-refractivity contribution in [3.63, 3.8) is 0 Å². The maximum Gasteiger partial charge on any atom is 0.274 e. The van der Waals surface area contributed by atoms with Gasteiger partial charge in [-0.15, -0.1) is 11.3 Å². The van der Waals surface area contributed by atoms with Crippen LogP contribution in [0.15, 0.2) is 23.8 Å². The normalized spacial score (nSPS) is 15.8. The molecule has 0 aliphatic carbocycles. The number of rotatable bonds is 4. The van der Waals surface area contributed by atoms with Crippen molar-refractivity contribution in [2.45, 2.75) is 19.2 Å². The molecule has 0 fully saturated rings. The Balaban J connectivity index is 1.51. The minimum Gasteiger partial charge on any atom is -0.385 e. The standard InChI is InChI=1S/C16H20N6O2S/c1-19(2)10-14(23)12-7-11-8-20(3-4-22(11)18-12)15(24)13-9-21-5-6-25-16(21)17-13/h5-7,9,14,23H,3-4,8,10H2,1-2H3/t14-/m1/s1. The van der Waals surface area contributed by atoms with Crippen molar-refractivity contribution < 1.29 is 9.90 Å². The van der Waals surface area contributed by atoms with Crippen LogP contribution in [0.25, 0.3) is 4.96 Å². The number of aromatic nitrogens is 4. The fourth-order valence-electron chi connectivity index (χ4n) is 3.06. The Morgan fingerprint density at radius 2 is 2.28 bits per heavy atom. The third-order valence-electron chi connectivity index (χ3n) is 4.30. The van der Waals surface area contributed by atoms with Crippen LogP contribution in [-0.2, 0) is 13.1 Å². The van der Waals surface area contributed by atoms with E-state index in [1.807, 2.05) is 45.7 Å². The quantitative estimate of drug-likeness (QED) is 0.746. The molecule has 0 radical (unpaired) electrons. The molecule has 25 heavy (non-hydrogen) atoms. The van der Waals surface area contributed by atoms with Crippen LogP contribution in [0, 0.1) is 0 Å². The lowest BCUT2D eigenvalue weighted by atomic mass is 10.2. The Kier molecular flexibility index (Phi) is 4.06. The second-order valence-electron chi connectivity index (χ2n) is 6.51. The number of nitrogens with zero attached hydrogens (tertiary/aromatic N) is 6. The lowest BCUT2D eigenvalue weighted by Gasteiger charge is -2.26. The molecule has 0 unspecified atom stereocenters. The molecule has 0 bridgehead atoms. The molecule has 0 saturated heterocycles. The van der Waals surface area contributed by atoms with Gasteiger partial charge in [0.05, 0.1) is 24.5 Å². The van der Waals surface area contributed by atoms with Gasteiger partial charge < -0.3 is 14.9 Å². The first-order valence-corrected chi connectivity index (χ1v) is 9.00. The SMILES string of the molecule is CN(C)C[C@@H](O)c1cc2n(n1)CCN(C(=O)c1cn3ccsc3n1)C2. The predicted molar refractivity (Wildman–Crippen MR) is 93.6 cm³/mol. The van der Waals surface area contributed by atoms with Gasteiger partial charge in [-0.2, -0.15) is 5.10 Å². The predicted octanol–water partition coefficient (Wildman–Crippen LogP) is 0.843. The fraction of sp³-hybridized carbons (Fsp3) is 0.438. The van der Waals surface area contributed by atoms with Crippen molar-refractivity contribution in [1.82, 2.24) is 29.0 Å². The van der Waals surface area contributed by atoms with Crippen LogP contribution in [-0.4, -0.2) is 67.2 Å². The van der Waals surface area contributed by atoms with Crippen LogP contribution in [0.1, 0.15) is 28.0 Å². The molecule has 1 amide bonds. The number of hydrogen-bond acceptors (Lipinski definition) is 6. The first-order valence-electron chi connectivity index (χ1n) is 8.12. The lowest BCUT2D eigenvalue weighted by Crippen LogP contribution is -2.38. The molecule has 1 N–H and O–H groups in total. The van der Waals surface area contributed by atoms with Gasteiger partial charge in [0.1, 0.15) is 11.8 Å². The molecule has 4 rings (SSSR count). The highest BCUT2D eigenvalue weighted by molar-refractivity contribution is 7.15. The Bertz CT molecular complexity index is 882. The highest BCUT2D eigenvalue weighted by Gasteiger charge is 2.26. The Labute approximate surface area is 148 Å². The van der Waals surface area contributed by atoms with Crippen LogP contribution in [0.4, 0.5) is 0 Å². The molecule has 0 saturated carbocycles. The number of carbonyl (C=O) groups excluding carboxylic acids is 1. The first-order chi connectivity index (χ1) is 12.0. The summed E-state index contributed by atoms with van der Waals surface area (Å²) in [4.78, 5) is 21.6. The first kappa shape index (κ1) is 16.2.